The summed E-state index contributed by atoms with van der Waals surface area (Å²) in [6.45, 7) is 7.02. The molecule has 1 fully saturated rings. The van der Waals surface area contributed by atoms with Gasteiger partial charge < -0.3 is 4.90 Å². The number of aryl methyl sites for hydroxylation is 1. The number of likely N-dealkylation sites (tertiary alicyclic amines) is 1. The molecule has 16 heavy (non-hydrogen) atoms. The molecule has 2 rings (SSSR count). The maximum atomic E-state index is 2.42. The van der Waals surface area contributed by atoms with Crippen LogP contribution in [0.5, 0.6) is 0 Å². The van der Waals surface area contributed by atoms with Crippen LogP contribution in [0.15, 0.2) is 30.3 Å². The van der Waals surface area contributed by atoms with E-state index in [1.807, 2.05) is 18.2 Å². The van der Waals surface area contributed by atoms with Crippen molar-refractivity contribution in [2.24, 2.45) is 5.92 Å². The predicted molar refractivity (Wildman–Crippen MR) is 71.7 cm³/mol. The fourth-order valence-electron chi connectivity index (χ4n) is 2.00. The van der Waals surface area contributed by atoms with Crippen molar-refractivity contribution < 1.29 is 0 Å². The molecule has 1 saturated heterocycles. The Labute approximate surface area is 100 Å². The fraction of sp³-hybridized carbons (Fsp3) is 0.600. The molecule has 0 atom stereocenters. The van der Waals surface area contributed by atoms with E-state index in [1.54, 1.807) is 0 Å². The van der Waals surface area contributed by atoms with Crippen LogP contribution >= 0.6 is 0 Å². The lowest BCUT2D eigenvalue weighted by molar-refractivity contribution is 0.216. The monoisotopic (exact) mass is 219 g/mol. The Morgan fingerprint density at radius 3 is 2.06 bits per heavy atom. The summed E-state index contributed by atoms with van der Waals surface area (Å²) >= 11 is 0. The summed E-state index contributed by atoms with van der Waals surface area (Å²) in [6, 6.07) is 10.3. The van der Waals surface area contributed by atoms with Crippen LogP contribution < -0.4 is 0 Å². The third kappa shape index (κ3) is 5.32. The van der Waals surface area contributed by atoms with E-state index in [4.69, 9.17) is 0 Å². The van der Waals surface area contributed by atoms with Crippen LogP contribution in [-0.4, -0.2) is 25.0 Å². The van der Waals surface area contributed by atoms with Crippen molar-refractivity contribution in [1.29, 1.82) is 0 Å². The Kier molecular flexibility index (Phi) is 6.17. The molecule has 0 aromatic heterocycles. The summed E-state index contributed by atoms with van der Waals surface area (Å²) in [5.74, 6) is 1.03. The van der Waals surface area contributed by atoms with Crippen LogP contribution in [0.3, 0.4) is 0 Å². The molecule has 0 spiro atoms. The highest BCUT2D eigenvalue weighted by Gasteiger charge is 2.13. The van der Waals surface area contributed by atoms with Gasteiger partial charge in [-0.2, -0.15) is 0 Å². The van der Waals surface area contributed by atoms with Gasteiger partial charge in [0.25, 0.3) is 0 Å². The number of rotatable bonds is 1. The lowest BCUT2D eigenvalue weighted by Gasteiger charge is -2.27. The Bertz CT molecular complexity index is 260. The Morgan fingerprint density at radius 2 is 1.69 bits per heavy atom. The van der Waals surface area contributed by atoms with Crippen LogP contribution in [0.4, 0.5) is 0 Å². The minimum Gasteiger partial charge on any atom is -0.306 e. The van der Waals surface area contributed by atoms with Gasteiger partial charge in [-0.05, 0) is 45.8 Å². The SMILES string of the molecule is CCC1CCN(C)CC1.Cc1ccccc1. The maximum absolute atomic E-state index is 2.42. The van der Waals surface area contributed by atoms with Gasteiger partial charge >= 0.3 is 0 Å². The summed E-state index contributed by atoms with van der Waals surface area (Å²) in [5.41, 5.74) is 1.32. The molecule has 1 aromatic rings. The van der Waals surface area contributed by atoms with Crippen molar-refractivity contribution in [3.05, 3.63) is 35.9 Å². The van der Waals surface area contributed by atoms with Crippen LogP contribution in [0.1, 0.15) is 31.7 Å². The van der Waals surface area contributed by atoms with E-state index >= 15 is 0 Å². The van der Waals surface area contributed by atoms with Crippen molar-refractivity contribution >= 4 is 0 Å². The third-order valence-electron chi connectivity index (χ3n) is 3.36. The normalized spacial score (nSPS) is 17.7. The van der Waals surface area contributed by atoms with Crippen molar-refractivity contribution in [3.63, 3.8) is 0 Å². The largest absolute Gasteiger partial charge is 0.306 e. The lowest BCUT2D eigenvalue weighted by Crippen LogP contribution is -2.29. The van der Waals surface area contributed by atoms with Crippen LogP contribution in [0.2, 0.25) is 0 Å². The van der Waals surface area contributed by atoms with Gasteiger partial charge in [0.1, 0.15) is 0 Å². The summed E-state index contributed by atoms with van der Waals surface area (Å²) in [6.07, 6.45) is 4.23. The van der Waals surface area contributed by atoms with Gasteiger partial charge in [0, 0.05) is 0 Å². The highest BCUT2D eigenvalue weighted by atomic mass is 15.1. The Hall–Kier alpha value is -0.820. The van der Waals surface area contributed by atoms with Gasteiger partial charge in [0.15, 0.2) is 0 Å². The Balaban J connectivity index is 0.000000165. The van der Waals surface area contributed by atoms with Crippen LogP contribution in [-0.2, 0) is 0 Å². The van der Waals surface area contributed by atoms with E-state index in [1.165, 1.54) is 37.9 Å². The molecule has 1 aliphatic rings. The number of hydrogen-bond donors (Lipinski definition) is 0. The minimum absolute atomic E-state index is 1.03. The fourth-order valence-corrected chi connectivity index (χ4v) is 2.00. The van der Waals surface area contributed by atoms with Gasteiger partial charge in [-0.25, -0.2) is 0 Å². The average molecular weight is 219 g/mol. The molecule has 1 aromatic carbocycles. The maximum Gasteiger partial charge on any atom is -0.00191 e. The molecule has 0 aliphatic carbocycles. The van der Waals surface area contributed by atoms with Crippen LogP contribution in [0, 0.1) is 12.8 Å². The first-order valence-corrected chi connectivity index (χ1v) is 6.42. The summed E-state index contributed by atoms with van der Waals surface area (Å²) in [4.78, 5) is 2.42. The molecule has 1 heteroatoms. The molecule has 1 heterocycles. The van der Waals surface area contributed by atoms with Crippen molar-refractivity contribution in [2.75, 3.05) is 20.1 Å². The zero-order valence-corrected chi connectivity index (χ0v) is 10.9. The van der Waals surface area contributed by atoms with Gasteiger partial charge in [-0.3, -0.25) is 0 Å². The van der Waals surface area contributed by atoms with E-state index in [0.717, 1.165) is 5.92 Å². The zero-order chi connectivity index (χ0) is 11.8. The molecule has 0 saturated carbocycles. The zero-order valence-electron chi connectivity index (χ0n) is 10.9. The summed E-state index contributed by atoms with van der Waals surface area (Å²) in [7, 11) is 2.21. The number of nitrogens with zero attached hydrogens (tertiary/aromatic N) is 1. The van der Waals surface area contributed by atoms with Crippen LogP contribution in [0.25, 0.3) is 0 Å². The predicted octanol–water partition coefficient (Wildman–Crippen LogP) is 3.73. The summed E-state index contributed by atoms with van der Waals surface area (Å²) < 4.78 is 0. The van der Waals surface area contributed by atoms with Gasteiger partial charge in [-0.1, -0.05) is 49.2 Å². The molecule has 1 aliphatic heterocycles. The first-order valence-electron chi connectivity index (χ1n) is 6.42. The van der Waals surface area contributed by atoms with Crippen molar-refractivity contribution in [3.8, 4) is 0 Å². The van der Waals surface area contributed by atoms with Gasteiger partial charge in [0.05, 0.1) is 0 Å². The van der Waals surface area contributed by atoms with Crippen molar-refractivity contribution in [1.82, 2.24) is 4.90 Å². The smallest absolute Gasteiger partial charge is 0.00191 e. The highest BCUT2D eigenvalue weighted by Crippen LogP contribution is 2.18. The van der Waals surface area contributed by atoms with Gasteiger partial charge in [-0.15, -0.1) is 0 Å². The molecule has 0 bridgehead atoms. The Morgan fingerprint density at radius 1 is 1.12 bits per heavy atom. The second-order valence-corrected chi connectivity index (χ2v) is 4.81. The molecule has 0 unspecified atom stereocenters. The minimum atomic E-state index is 1.03. The number of benzene rings is 1. The van der Waals surface area contributed by atoms with Crippen molar-refractivity contribution in [2.45, 2.75) is 33.1 Å². The van der Waals surface area contributed by atoms with E-state index in [-0.39, 0.29) is 0 Å². The lowest BCUT2D eigenvalue weighted by atomic mass is 9.95. The quantitative estimate of drug-likeness (QED) is 0.695. The van der Waals surface area contributed by atoms with E-state index in [0.29, 0.717) is 0 Å². The molecular weight excluding hydrogens is 194 g/mol. The first kappa shape index (κ1) is 13.2. The molecule has 0 radical (unpaired) electrons. The second kappa shape index (κ2) is 7.45. The first-order chi connectivity index (χ1) is 7.72. The summed E-state index contributed by atoms with van der Waals surface area (Å²) in [5, 5.41) is 0. The second-order valence-electron chi connectivity index (χ2n) is 4.81. The molecule has 90 valence electrons. The van der Waals surface area contributed by atoms with E-state index in [2.05, 4.69) is 37.9 Å². The molecule has 0 amide bonds. The standard InChI is InChI=1S/C8H17N.C7H8/c1-3-8-4-6-9(2)7-5-8;1-7-5-3-2-4-6-7/h8H,3-7H2,1-2H3;2-6H,1H3. The van der Waals surface area contributed by atoms with Gasteiger partial charge in [0.2, 0.25) is 0 Å². The molecular formula is C15H25N. The van der Waals surface area contributed by atoms with E-state index in [9.17, 15) is 0 Å². The highest BCUT2D eigenvalue weighted by molar-refractivity contribution is 5.11. The topological polar surface area (TPSA) is 3.24 Å². The molecule has 0 N–H and O–H groups in total. The average Bonchev–Trinajstić information content (AvgIpc) is 2.32. The van der Waals surface area contributed by atoms with E-state index < -0.39 is 0 Å². The number of hydrogen-bond acceptors (Lipinski definition) is 1. The number of piperidine rings is 1. The molecule has 1 nitrogen and oxygen atoms in total. The third-order valence-corrected chi connectivity index (χ3v) is 3.36.